The van der Waals surface area contributed by atoms with Crippen LogP contribution >= 0.6 is 11.3 Å². The minimum Gasteiger partial charge on any atom is -0.348 e. The number of allylic oxidation sites excluding steroid dienone is 1. The van der Waals surface area contributed by atoms with Gasteiger partial charge in [0.1, 0.15) is 0 Å². The van der Waals surface area contributed by atoms with Crippen molar-refractivity contribution >= 4 is 27.5 Å². The lowest BCUT2D eigenvalue weighted by Gasteiger charge is -2.32. The van der Waals surface area contributed by atoms with Crippen molar-refractivity contribution < 1.29 is 9.47 Å². The molecular formula is C17H18O2S. The summed E-state index contributed by atoms with van der Waals surface area (Å²) < 4.78 is 12.9. The van der Waals surface area contributed by atoms with Gasteiger partial charge in [-0.1, -0.05) is 23.8 Å². The van der Waals surface area contributed by atoms with E-state index >= 15 is 0 Å². The molecule has 0 N–H and O–H groups in total. The molecule has 2 aliphatic rings. The van der Waals surface area contributed by atoms with Crippen molar-refractivity contribution in [2.24, 2.45) is 0 Å². The molecular weight excluding hydrogens is 268 g/mol. The van der Waals surface area contributed by atoms with Crippen molar-refractivity contribution in [3.63, 3.8) is 0 Å². The molecule has 1 saturated carbocycles. The van der Waals surface area contributed by atoms with E-state index in [4.69, 9.17) is 9.47 Å². The molecule has 1 aliphatic carbocycles. The van der Waals surface area contributed by atoms with Crippen LogP contribution in [-0.2, 0) is 9.47 Å². The Kier molecular flexibility index (Phi) is 3.14. The van der Waals surface area contributed by atoms with Crippen LogP contribution in [0.25, 0.3) is 16.2 Å². The molecule has 1 aromatic heterocycles. The number of hydrogen-bond acceptors (Lipinski definition) is 3. The summed E-state index contributed by atoms with van der Waals surface area (Å²) in [7, 11) is 0. The zero-order valence-corrected chi connectivity index (χ0v) is 12.2. The van der Waals surface area contributed by atoms with E-state index in [9.17, 15) is 0 Å². The van der Waals surface area contributed by atoms with Crippen LogP contribution in [0.3, 0.4) is 0 Å². The Hall–Kier alpha value is -1.16. The SMILES string of the molecule is C(=C1CCC2(CC1)OCCO2)c1cc2ccccc2s1. The smallest absolute Gasteiger partial charge is 0.169 e. The Morgan fingerprint density at radius 2 is 1.80 bits per heavy atom. The summed E-state index contributed by atoms with van der Waals surface area (Å²) in [5.41, 5.74) is 1.53. The third-order valence-electron chi connectivity index (χ3n) is 4.26. The van der Waals surface area contributed by atoms with Gasteiger partial charge in [0.15, 0.2) is 5.79 Å². The zero-order chi connectivity index (χ0) is 13.4. The van der Waals surface area contributed by atoms with Crippen molar-refractivity contribution in [1.29, 1.82) is 0 Å². The number of ether oxygens (including phenoxy) is 2. The van der Waals surface area contributed by atoms with E-state index < -0.39 is 0 Å². The minimum atomic E-state index is -0.252. The van der Waals surface area contributed by atoms with Crippen molar-refractivity contribution in [3.8, 4) is 0 Å². The van der Waals surface area contributed by atoms with Crippen LogP contribution < -0.4 is 0 Å². The van der Waals surface area contributed by atoms with Crippen LogP contribution in [0.1, 0.15) is 30.6 Å². The van der Waals surface area contributed by atoms with Crippen LogP contribution in [-0.4, -0.2) is 19.0 Å². The van der Waals surface area contributed by atoms with Crippen LogP contribution in [0.5, 0.6) is 0 Å². The fourth-order valence-corrected chi connectivity index (χ4v) is 4.21. The summed E-state index contributed by atoms with van der Waals surface area (Å²) in [6.07, 6.45) is 6.56. The molecule has 0 bridgehead atoms. The highest BCUT2D eigenvalue weighted by molar-refractivity contribution is 7.19. The van der Waals surface area contributed by atoms with E-state index in [1.165, 1.54) is 20.5 Å². The maximum absolute atomic E-state index is 5.78. The van der Waals surface area contributed by atoms with Crippen LogP contribution in [0.2, 0.25) is 0 Å². The first kappa shape index (κ1) is 12.6. The molecule has 0 radical (unpaired) electrons. The van der Waals surface area contributed by atoms with Gasteiger partial charge < -0.3 is 9.47 Å². The Morgan fingerprint density at radius 3 is 2.55 bits per heavy atom. The molecule has 1 aliphatic heterocycles. The van der Waals surface area contributed by atoms with E-state index in [0.717, 1.165) is 38.9 Å². The topological polar surface area (TPSA) is 18.5 Å². The van der Waals surface area contributed by atoms with E-state index in [-0.39, 0.29) is 5.79 Å². The summed E-state index contributed by atoms with van der Waals surface area (Å²) >= 11 is 1.88. The van der Waals surface area contributed by atoms with Gasteiger partial charge in [-0.15, -0.1) is 11.3 Å². The molecule has 104 valence electrons. The van der Waals surface area contributed by atoms with Crippen molar-refractivity contribution in [2.75, 3.05) is 13.2 Å². The van der Waals surface area contributed by atoms with Crippen LogP contribution in [0.15, 0.2) is 35.9 Å². The molecule has 20 heavy (non-hydrogen) atoms. The van der Waals surface area contributed by atoms with Gasteiger partial charge in [0, 0.05) is 22.4 Å². The first-order valence-corrected chi connectivity index (χ1v) is 8.11. The van der Waals surface area contributed by atoms with Gasteiger partial charge in [0.2, 0.25) is 0 Å². The number of fused-ring (bicyclic) bond motifs is 1. The van der Waals surface area contributed by atoms with Crippen LogP contribution in [0, 0.1) is 0 Å². The van der Waals surface area contributed by atoms with E-state index in [1.54, 1.807) is 0 Å². The van der Waals surface area contributed by atoms with Gasteiger partial charge >= 0.3 is 0 Å². The van der Waals surface area contributed by atoms with E-state index in [0.29, 0.717) is 0 Å². The largest absolute Gasteiger partial charge is 0.348 e. The van der Waals surface area contributed by atoms with Gasteiger partial charge in [0.05, 0.1) is 13.2 Å². The van der Waals surface area contributed by atoms with Gasteiger partial charge in [-0.05, 0) is 36.4 Å². The molecule has 2 heterocycles. The summed E-state index contributed by atoms with van der Waals surface area (Å²) in [4.78, 5) is 1.37. The van der Waals surface area contributed by atoms with E-state index in [2.05, 4.69) is 36.4 Å². The monoisotopic (exact) mass is 286 g/mol. The maximum atomic E-state index is 5.78. The lowest BCUT2D eigenvalue weighted by Crippen LogP contribution is -2.32. The number of hydrogen-bond donors (Lipinski definition) is 0. The molecule has 4 rings (SSSR count). The third kappa shape index (κ3) is 2.30. The maximum Gasteiger partial charge on any atom is 0.169 e. The predicted molar refractivity (Wildman–Crippen MR) is 82.9 cm³/mol. The Morgan fingerprint density at radius 1 is 1.05 bits per heavy atom. The van der Waals surface area contributed by atoms with Crippen molar-refractivity contribution in [2.45, 2.75) is 31.5 Å². The fraction of sp³-hybridized carbons (Fsp3) is 0.412. The molecule has 2 aromatic rings. The van der Waals surface area contributed by atoms with Gasteiger partial charge in [-0.3, -0.25) is 0 Å². The second-order valence-corrected chi connectivity index (χ2v) is 6.71. The number of thiophene rings is 1. The summed E-state index contributed by atoms with van der Waals surface area (Å²) in [5.74, 6) is -0.252. The average molecular weight is 286 g/mol. The molecule has 1 saturated heterocycles. The Balaban J connectivity index is 1.53. The molecule has 1 aromatic carbocycles. The van der Waals surface area contributed by atoms with E-state index in [1.807, 2.05) is 11.3 Å². The Labute approximate surface area is 123 Å². The lowest BCUT2D eigenvalue weighted by atomic mass is 9.89. The fourth-order valence-electron chi connectivity index (χ4n) is 3.16. The molecule has 3 heteroatoms. The normalized spacial score (nSPS) is 21.7. The highest BCUT2D eigenvalue weighted by Crippen LogP contribution is 2.39. The van der Waals surface area contributed by atoms with Gasteiger partial charge in [-0.2, -0.15) is 0 Å². The van der Waals surface area contributed by atoms with Crippen molar-refractivity contribution in [1.82, 2.24) is 0 Å². The molecule has 1 spiro atoms. The number of benzene rings is 1. The third-order valence-corrected chi connectivity index (χ3v) is 5.32. The predicted octanol–water partition coefficient (Wildman–Crippen LogP) is 4.60. The average Bonchev–Trinajstić information content (AvgIpc) is 3.08. The zero-order valence-electron chi connectivity index (χ0n) is 11.4. The lowest BCUT2D eigenvalue weighted by molar-refractivity contribution is -0.171. The molecule has 0 unspecified atom stereocenters. The quantitative estimate of drug-likeness (QED) is 0.762. The first-order valence-electron chi connectivity index (χ1n) is 7.29. The first-order chi connectivity index (χ1) is 9.83. The minimum absolute atomic E-state index is 0.252. The molecule has 0 atom stereocenters. The highest BCUT2D eigenvalue weighted by atomic mass is 32.1. The molecule has 2 fully saturated rings. The summed E-state index contributed by atoms with van der Waals surface area (Å²) in [6, 6.07) is 10.9. The Bertz CT molecular complexity index is 605. The van der Waals surface area contributed by atoms with Gasteiger partial charge in [-0.25, -0.2) is 0 Å². The highest BCUT2D eigenvalue weighted by Gasteiger charge is 2.38. The second kappa shape index (κ2) is 4.99. The molecule has 2 nitrogen and oxygen atoms in total. The summed E-state index contributed by atoms with van der Waals surface area (Å²) in [6.45, 7) is 1.52. The van der Waals surface area contributed by atoms with Crippen molar-refractivity contribution in [3.05, 3.63) is 40.8 Å². The number of rotatable bonds is 1. The summed E-state index contributed by atoms with van der Waals surface area (Å²) in [5, 5.41) is 1.35. The second-order valence-electron chi connectivity index (χ2n) is 5.60. The standard InChI is InChI=1S/C17H18O2S/c1-2-4-16-14(3-1)12-15(20-16)11-13-5-7-17(8-6-13)18-9-10-19-17/h1-4,11-12H,5-10H2. The van der Waals surface area contributed by atoms with Crippen LogP contribution in [0.4, 0.5) is 0 Å². The van der Waals surface area contributed by atoms with Gasteiger partial charge in [0.25, 0.3) is 0 Å². The molecule has 0 amide bonds.